The standard InChI is InChI=1S/C29H35N3O4/c1-18(2)23(20-11-7-5-8-12-20)22(33)15-16-30-25-26(28(35)27(25)34)31-17-32-29(36)24(19(3)4)21-13-9-6-10-14-21/h5-14,18-19,23-24,30-31H,15-17H2,1-4H3,(H,32,36)/t23-,24+/m1/s1. The van der Waals surface area contributed by atoms with Gasteiger partial charge >= 0.3 is 0 Å². The Bertz CT molecular complexity index is 1130. The van der Waals surface area contributed by atoms with Crippen molar-refractivity contribution in [3.63, 3.8) is 0 Å². The molecule has 3 rings (SSSR count). The van der Waals surface area contributed by atoms with Crippen LogP contribution in [0, 0.1) is 11.8 Å². The third-order valence-electron chi connectivity index (χ3n) is 6.39. The van der Waals surface area contributed by atoms with E-state index < -0.39 is 10.9 Å². The summed E-state index contributed by atoms with van der Waals surface area (Å²) in [6.45, 7) is 8.23. The van der Waals surface area contributed by atoms with Crippen molar-refractivity contribution in [3.8, 4) is 0 Å². The van der Waals surface area contributed by atoms with Crippen molar-refractivity contribution in [2.75, 3.05) is 23.8 Å². The average Bonchev–Trinajstić information content (AvgIpc) is 2.86. The molecule has 0 bridgehead atoms. The summed E-state index contributed by atoms with van der Waals surface area (Å²) in [7, 11) is 0. The van der Waals surface area contributed by atoms with Crippen LogP contribution < -0.4 is 26.8 Å². The lowest BCUT2D eigenvalue weighted by atomic mass is 9.84. The molecule has 3 aromatic carbocycles. The van der Waals surface area contributed by atoms with Crippen LogP contribution in [0.5, 0.6) is 0 Å². The van der Waals surface area contributed by atoms with E-state index >= 15 is 0 Å². The van der Waals surface area contributed by atoms with Gasteiger partial charge in [0.1, 0.15) is 17.2 Å². The van der Waals surface area contributed by atoms with Crippen LogP contribution in [0.2, 0.25) is 0 Å². The molecule has 190 valence electrons. The predicted octanol–water partition coefficient (Wildman–Crippen LogP) is 4.02. The number of carbonyl (C=O) groups excluding carboxylic acids is 2. The van der Waals surface area contributed by atoms with Gasteiger partial charge in [-0.05, 0) is 23.0 Å². The molecular formula is C29H35N3O4. The Morgan fingerprint density at radius 1 is 0.694 bits per heavy atom. The maximum Gasteiger partial charge on any atom is 0.253 e. The predicted molar refractivity (Wildman–Crippen MR) is 144 cm³/mol. The van der Waals surface area contributed by atoms with Gasteiger partial charge in [-0.2, -0.15) is 0 Å². The summed E-state index contributed by atoms with van der Waals surface area (Å²) in [5.74, 6) is -0.431. The van der Waals surface area contributed by atoms with E-state index in [2.05, 4.69) is 16.0 Å². The zero-order valence-electron chi connectivity index (χ0n) is 21.3. The smallest absolute Gasteiger partial charge is 0.253 e. The van der Waals surface area contributed by atoms with Crippen LogP contribution >= 0.6 is 0 Å². The molecule has 2 atom stereocenters. The molecule has 0 saturated heterocycles. The second-order valence-corrected chi connectivity index (χ2v) is 9.71. The molecule has 0 heterocycles. The van der Waals surface area contributed by atoms with E-state index in [0.29, 0.717) is 0 Å². The van der Waals surface area contributed by atoms with Gasteiger partial charge in [-0.1, -0.05) is 88.4 Å². The Morgan fingerprint density at radius 2 is 1.17 bits per heavy atom. The Labute approximate surface area is 212 Å². The minimum atomic E-state index is -0.633. The molecule has 0 aliphatic heterocycles. The summed E-state index contributed by atoms with van der Waals surface area (Å²) in [5.41, 5.74) is 0.930. The average molecular weight is 490 g/mol. The van der Waals surface area contributed by atoms with Crippen molar-refractivity contribution >= 4 is 23.1 Å². The number of rotatable bonds is 13. The first kappa shape index (κ1) is 26.9. The molecular weight excluding hydrogens is 454 g/mol. The first-order valence-electron chi connectivity index (χ1n) is 12.4. The van der Waals surface area contributed by atoms with E-state index in [1.807, 2.05) is 88.4 Å². The summed E-state index contributed by atoms with van der Waals surface area (Å²) < 4.78 is 0. The topological polar surface area (TPSA) is 104 Å². The summed E-state index contributed by atoms with van der Waals surface area (Å²) in [6, 6.07) is 19.2. The zero-order valence-corrected chi connectivity index (χ0v) is 21.3. The number of carbonyl (C=O) groups is 2. The SMILES string of the molecule is CC(C)[C@H](C(=O)NCNc1c(NCCC(=O)[C@@H](c2ccccc2)C(C)C)c(=O)c1=O)c1ccccc1. The number of Topliss-reactive ketones (excluding diaryl/α,β-unsaturated/α-hetero) is 1. The normalized spacial score (nSPS) is 12.9. The van der Waals surface area contributed by atoms with Crippen molar-refractivity contribution in [1.29, 1.82) is 0 Å². The lowest BCUT2D eigenvalue weighted by Gasteiger charge is -2.22. The first-order valence-corrected chi connectivity index (χ1v) is 12.4. The van der Waals surface area contributed by atoms with Crippen molar-refractivity contribution in [3.05, 3.63) is 92.2 Å². The van der Waals surface area contributed by atoms with Gasteiger partial charge in [0, 0.05) is 18.9 Å². The molecule has 36 heavy (non-hydrogen) atoms. The van der Waals surface area contributed by atoms with Gasteiger partial charge in [0.05, 0.1) is 12.6 Å². The molecule has 0 radical (unpaired) electrons. The molecule has 0 aliphatic rings. The van der Waals surface area contributed by atoms with Crippen molar-refractivity contribution in [2.45, 2.75) is 46.0 Å². The van der Waals surface area contributed by atoms with Gasteiger partial charge in [-0.15, -0.1) is 0 Å². The first-order chi connectivity index (χ1) is 17.2. The minimum Gasteiger partial charge on any atom is -0.380 e. The van der Waals surface area contributed by atoms with Crippen LogP contribution in [0.3, 0.4) is 0 Å². The molecule has 7 nitrogen and oxygen atoms in total. The highest BCUT2D eigenvalue weighted by molar-refractivity contribution is 5.87. The Balaban J connectivity index is 1.55. The van der Waals surface area contributed by atoms with E-state index in [4.69, 9.17) is 0 Å². The van der Waals surface area contributed by atoms with Crippen LogP contribution in [0.25, 0.3) is 0 Å². The van der Waals surface area contributed by atoms with Gasteiger partial charge < -0.3 is 16.0 Å². The highest BCUT2D eigenvalue weighted by Gasteiger charge is 2.26. The molecule has 7 heteroatoms. The molecule has 0 spiro atoms. The molecule has 0 saturated carbocycles. The summed E-state index contributed by atoms with van der Waals surface area (Å²) in [5, 5.41) is 8.61. The Morgan fingerprint density at radius 3 is 1.67 bits per heavy atom. The maximum atomic E-state index is 12.9. The van der Waals surface area contributed by atoms with Crippen molar-refractivity contribution in [2.24, 2.45) is 11.8 Å². The Hall–Kier alpha value is -3.74. The highest BCUT2D eigenvalue weighted by atomic mass is 16.2. The largest absolute Gasteiger partial charge is 0.380 e. The fraction of sp³-hybridized carbons (Fsp3) is 0.379. The fourth-order valence-electron chi connectivity index (χ4n) is 4.63. The third kappa shape index (κ3) is 6.27. The highest BCUT2D eigenvalue weighted by Crippen LogP contribution is 2.27. The van der Waals surface area contributed by atoms with Crippen LogP contribution in [-0.4, -0.2) is 24.9 Å². The molecule has 0 aromatic heterocycles. The van der Waals surface area contributed by atoms with Crippen LogP contribution in [0.1, 0.15) is 57.1 Å². The molecule has 0 aliphatic carbocycles. The summed E-state index contributed by atoms with van der Waals surface area (Å²) in [4.78, 5) is 49.9. The number of ketones is 1. The molecule has 1 amide bonds. The fourth-order valence-corrected chi connectivity index (χ4v) is 4.63. The van der Waals surface area contributed by atoms with Gasteiger partial charge in [0.25, 0.3) is 10.9 Å². The van der Waals surface area contributed by atoms with E-state index in [-0.39, 0.29) is 66.4 Å². The van der Waals surface area contributed by atoms with Crippen molar-refractivity contribution < 1.29 is 9.59 Å². The number of anilines is 2. The number of nitrogens with one attached hydrogen (secondary N) is 3. The van der Waals surface area contributed by atoms with E-state index in [1.165, 1.54) is 0 Å². The molecule has 3 N–H and O–H groups in total. The Kier molecular flexibility index (Phi) is 9.17. The monoisotopic (exact) mass is 489 g/mol. The number of hydrogen-bond donors (Lipinski definition) is 3. The van der Waals surface area contributed by atoms with Crippen LogP contribution in [0.15, 0.2) is 70.3 Å². The summed E-state index contributed by atoms with van der Waals surface area (Å²) >= 11 is 0. The second kappa shape index (κ2) is 12.3. The molecule has 3 aromatic rings. The number of benzene rings is 2. The van der Waals surface area contributed by atoms with E-state index in [9.17, 15) is 19.2 Å². The quantitative estimate of drug-likeness (QED) is 0.247. The molecule has 0 unspecified atom stereocenters. The minimum absolute atomic E-state index is 0.0107. The zero-order chi connectivity index (χ0) is 26.2. The van der Waals surface area contributed by atoms with Gasteiger partial charge in [0.15, 0.2) is 0 Å². The second-order valence-electron chi connectivity index (χ2n) is 9.71. The van der Waals surface area contributed by atoms with E-state index in [0.717, 1.165) is 11.1 Å². The number of amides is 1. The lowest BCUT2D eigenvalue weighted by molar-refractivity contribution is -0.123. The van der Waals surface area contributed by atoms with Crippen LogP contribution in [0.4, 0.5) is 11.4 Å². The third-order valence-corrected chi connectivity index (χ3v) is 6.39. The number of hydrogen-bond acceptors (Lipinski definition) is 6. The maximum absolute atomic E-state index is 12.9. The molecule has 0 fully saturated rings. The van der Waals surface area contributed by atoms with Gasteiger partial charge in [-0.25, -0.2) is 0 Å². The summed E-state index contributed by atoms with van der Waals surface area (Å²) in [6.07, 6.45) is 0.222. The lowest BCUT2D eigenvalue weighted by Crippen LogP contribution is -2.41. The van der Waals surface area contributed by atoms with Gasteiger partial charge in [-0.3, -0.25) is 19.2 Å². The van der Waals surface area contributed by atoms with Gasteiger partial charge in [0.2, 0.25) is 5.91 Å². The van der Waals surface area contributed by atoms with E-state index in [1.54, 1.807) is 0 Å². The van der Waals surface area contributed by atoms with Crippen LogP contribution in [-0.2, 0) is 9.59 Å². The van der Waals surface area contributed by atoms with Crippen molar-refractivity contribution in [1.82, 2.24) is 5.32 Å².